The van der Waals surface area contributed by atoms with Gasteiger partial charge in [0.05, 0.1) is 0 Å². The molecule has 0 bridgehead atoms. The average Bonchev–Trinajstić information content (AvgIpc) is 2.85. The van der Waals surface area contributed by atoms with E-state index in [9.17, 15) is 4.79 Å². The van der Waals surface area contributed by atoms with Gasteiger partial charge in [-0.2, -0.15) is 0 Å². The standard InChI is InChI=1S/C14H19ClN6O2.ClH/c1-7(2)6-21(4)13-11(15)18-10(12(16)19-13)14(22)17-9-5-8(3)23-20-9;/h5,7H,6H2,1-4H3,(H2,16,19)(H,17,20,22);1H. The van der Waals surface area contributed by atoms with Crippen LogP contribution in [-0.2, 0) is 0 Å². The summed E-state index contributed by atoms with van der Waals surface area (Å²) >= 11 is 6.15. The SMILES string of the molecule is Cc1cc(NC(=O)c2nc(Cl)c(N(C)CC(C)C)nc2N)no1.Cl. The van der Waals surface area contributed by atoms with E-state index in [2.05, 4.69) is 34.3 Å². The first kappa shape index (κ1) is 20.0. The summed E-state index contributed by atoms with van der Waals surface area (Å²) < 4.78 is 4.88. The number of hydrogen-bond acceptors (Lipinski definition) is 7. The van der Waals surface area contributed by atoms with Crippen molar-refractivity contribution in [1.29, 1.82) is 0 Å². The van der Waals surface area contributed by atoms with E-state index in [4.69, 9.17) is 21.9 Å². The van der Waals surface area contributed by atoms with E-state index < -0.39 is 5.91 Å². The molecule has 0 saturated heterocycles. The Morgan fingerprint density at radius 3 is 2.67 bits per heavy atom. The topological polar surface area (TPSA) is 110 Å². The zero-order valence-electron chi connectivity index (χ0n) is 13.8. The molecule has 2 aromatic heterocycles. The lowest BCUT2D eigenvalue weighted by Gasteiger charge is -2.21. The van der Waals surface area contributed by atoms with Gasteiger partial charge in [-0.1, -0.05) is 30.6 Å². The fraction of sp³-hybridized carbons (Fsp3) is 0.429. The summed E-state index contributed by atoms with van der Waals surface area (Å²) in [7, 11) is 1.84. The summed E-state index contributed by atoms with van der Waals surface area (Å²) in [6, 6.07) is 1.58. The molecule has 0 radical (unpaired) electrons. The minimum absolute atomic E-state index is 0. The molecule has 0 aromatic carbocycles. The Morgan fingerprint density at radius 1 is 1.46 bits per heavy atom. The van der Waals surface area contributed by atoms with Crippen molar-refractivity contribution in [2.75, 3.05) is 29.5 Å². The minimum Gasteiger partial charge on any atom is -0.382 e. The van der Waals surface area contributed by atoms with Crippen LogP contribution in [0.3, 0.4) is 0 Å². The summed E-state index contributed by atoms with van der Waals surface area (Å²) in [4.78, 5) is 22.3. The summed E-state index contributed by atoms with van der Waals surface area (Å²) in [5.41, 5.74) is 5.80. The fourth-order valence-corrected chi connectivity index (χ4v) is 2.33. The van der Waals surface area contributed by atoms with Crippen LogP contribution in [-0.4, -0.2) is 34.6 Å². The molecule has 2 rings (SSSR count). The van der Waals surface area contributed by atoms with Crippen LogP contribution in [0.15, 0.2) is 10.6 Å². The van der Waals surface area contributed by atoms with Gasteiger partial charge in [0.1, 0.15) is 5.76 Å². The van der Waals surface area contributed by atoms with Crippen molar-refractivity contribution in [3.05, 3.63) is 22.7 Å². The Morgan fingerprint density at radius 2 is 2.12 bits per heavy atom. The number of nitrogens with two attached hydrogens (primary N) is 1. The predicted octanol–water partition coefficient (Wildman–Crippen LogP) is 2.77. The van der Waals surface area contributed by atoms with Crippen molar-refractivity contribution in [3.8, 4) is 0 Å². The van der Waals surface area contributed by atoms with Crippen molar-refractivity contribution < 1.29 is 9.32 Å². The number of anilines is 3. The van der Waals surface area contributed by atoms with Gasteiger partial charge in [0.2, 0.25) is 0 Å². The number of carbonyl (C=O) groups excluding carboxylic acids is 1. The van der Waals surface area contributed by atoms with E-state index in [0.29, 0.717) is 17.5 Å². The molecule has 0 aliphatic heterocycles. The van der Waals surface area contributed by atoms with Crippen LogP contribution in [0.2, 0.25) is 5.15 Å². The highest BCUT2D eigenvalue weighted by molar-refractivity contribution is 6.32. The summed E-state index contributed by atoms with van der Waals surface area (Å²) in [5, 5.41) is 6.32. The van der Waals surface area contributed by atoms with Crippen LogP contribution in [0.1, 0.15) is 30.1 Å². The molecule has 1 amide bonds. The second-order valence-corrected chi connectivity index (χ2v) is 5.98. The zero-order chi connectivity index (χ0) is 17.1. The van der Waals surface area contributed by atoms with Crippen molar-refractivity contribution >= 4 is 47.4 Å². The highest BCUT2D eigenvalue weighted by Gasteiger charge is 2.20. The molecule has 0 saturated carbocycles. The molecule has 24 heavy (non-hydrogen) atoms. The van der Waals surface area contributed by atoms with E-state index in [1.807, 2.05) is 11.9 Å². The lowest BCUT2D eigenvalue weighted by molar-refractivity contribution is 0.102. The number of halogens is 2. The summed E-state index contributed by atoms with van der Waals surface area (Å²) in [6.45, 7) is 6.59. The van der Waals surface area contributed by atoms with E-state index in [1.54, 1.807) is 13.0 Å². The first-order valence-corrected chi connectivity index (χ1v) is 7.44. The lowest BCUT2D eigenvalue weighted by atomic mass is 10.2. The molecule has 0 spiro atoms. The van der Waals surface area contributed by atoms with Gasteiger partial charge in [-0.05, 0) is 12.8 Å². The number of nitrogen functional groups attached to an aromatic ring is 1. The number of nitrogens with one attached hydrogen (secondary N) is 1. The maximum absolute atomic E-state index is 12.2. The van der Waals surface area contributed by atoms with Gasteiger partial charge in [-0.25, -0.2) is 9.97 Å². The number of aryl methyl sites for hydroxylation is 1. The predicted molar refractivity (Wildman–Crippen MR) is 96.0 cm³/mol. The normalized spacial score (nSPS) is 10.4. The molecule has 3 N–H and O–H groups in total. The molecule has 0 atom stereocenters. The van der Waals surface area contributed by atoms with E-state index >= 15 is 0 Å². The molecule has 0 fully saturated rings. The van der Waals surface area contributed by atoms with Gasteiger partial charge in [0, 0.05) is 19.7 Å². The van der Waals surface area contributed by atoms with Gasteiger partial charge in [-0.15, -0.1) is 12.4 Å². The first-order valence-electron chi connectivity index (χ1n) is 7.06. The number of nitrogens with zero attached hydrogens (tertiary/aromatic N) is 4. The minimum atomic E-state index is -0.553. The molecular weight excluding hydrogens is 355 g/mol. The van der Waals surface area contributed by atoms with Crippen LogP contribution < -0.4 is 16.0 Å². The highest BCUT2D eigenvalue weighted by Crippen LogP contribution is 2.24. The molecular formula is C14H20Cl2N6O2. The Hall–Kier alpha value is -2.06. The van der Waals surface area contributed by atoms with Crippen LogP contribution >= 0.6 is 24.0 Å². The van der Waals surface area contributed by atoms with Gasteiger partial charge in [-0.3, -0.25) is 4.79 Å². The van der Waals surface area contributed by atoms with Gasteiger partial charge in [0.25, 0.3) is 5.91 Å². The third kappa shape index (κ3) is 4.72. The van der Waals surface area contributed by atoms with Crippen molar-refractivity contribution in [1.82, 2.24) is 15.1 Å². The smallest absolute Gasteiger partial charge is 0.279 e. The van der Waals surface area contributed by atoms with Crippen molar-refractivity contribution in [3.63, 3.8) is 0 Å². The monoisotopic (exact) mass is 374 g/mol. The molecule has 10 heteroatoms. The number of hydrogen-bond donors (Lipinski definition) is 2. The van der Waals surface area contributed by atoms with Crippen LogP contribution in [0.4, 0.5) is 17.5 Å². The second kappa shape index (κ2) is 8.16. The Balaban J connectivity index is 0.00000288. The number of amides is 1. The van der Waals surface area contributed by atoms with Gasteiger partial charge < -0.3 is 20.5 Å². The third-order valence-corrected chi connectivity index (χ3v) is 3.20. The molecule has 2 heterocycles. The van der Waals surface area contributed by atoms with Gasteiger partial charge in [0.15, 0.2) is 28.3 Å². The second-order valence-electron chi connectivity index (χ2n) is 5.62. The van der Waals surface area contributed by atoms with E-state index in [-0.39, 0.29) is 34.9 Å². The Kier molecular flexibility index (Phi) is 6.80. The van der Waals surface area contributed by atoms with Crippen LogP contribution in [0, 0.1) is 12.8 Å². The van der Waals surface area contributed by atoms with Crippen molar-refractivity contribution in [2.24, 2.45) is 5.92 Å². The van der Waals surface area contributed by atoms with Crippen LogP contribution in [0.25, 0.3) is 0 Å². The quantitative estimate of drug-likeness (QED) is 0.827. The van der Waals surface area contributed by atoms with E-state index in [1.165, 1.54) is 0 Å². The Bertz CT molecular complexity index is 719. The summed E-state index contributed by atoms with van der Waals surface area (Å²) in [6.07, 6.45) is 0. The molecule has 0 aliphatic carbocycles. The number of rotatable bonds is 5. The first-order chi connectivity index (χ1) is 10.8. The third-order valence-electron chi connectivity index (χ3n) is 2.95. The number of aromatic nitrogens is 3. The maximum atomic E-state index is 12.2. The fourth-order valence-electron chi connectivity index (χ4n) is 2.06. The molecule has 8 nitrogen and oxygen atoms in total. The molecule has 132 valence electrons. The lowest BCUT2D eigenvalue weighted by Crippen LogP contribution is -2.26. The molecule has 0 unspecified atom stereocenters. The Labute approximate surface area is 151 Å². The average molecular weight is 375 g/mol. The van der Waals surface area contributed by atoms with Gasteiger partial charge >= 0.3 is 0 Å². The highest BCUT2D eigenvalue weighted by atomic mass is 35.5. The van der Waals surface area contributed by atoms with Crippen molar-refractivity contribution in [2.45, 2.75) is 20.8 Å². The molecule has 0 aliphatic rings. The largest absolute Gasteiger partial charge is 0.382 e. The summed E-state index contributed by atoms with van der Waals surface area (Å²) in [5.74, 6) is 1.14. The van der Waals surface area contributed by atoms with Crippen LogP contribution in [0.5, 0.6) is 0 Å². The number of carbonyl (C=O) groups is 1. The molecule has 2 aromatic rings. The maximum Gasteiger partial charge on any atom is 0.279 e. The van der Waals surface area contributed by atoms with E-state index in [0.717, 1.165) is 6.54 Å². The zero-order valence-corrected chi connectivity index (χ0v) is 15.4.